The van der Waals surface area contributed by atoms with Gasteiger partial charge in [-0.25, -0.2) is 23.1 Å². The molecule has 0 amide bonds. The number of aromatic nitrogens is 4. The highest BCUT2D eigenvalue weighted by Gasteiger charge is 2.34. The van der Waals surface area contributed by atoms with Crippen LogP contribution in [-0.2, 0) is 27.6 Å². The highest BCUT2D eigenvalue weighted by atomic mass is 32.2. The number of nitrogens with one attached hydrogen (secondary N) is 1. The number of nitrogens with zero attached hydrogens (tertiary/aromatic N) is 5. The predicted octanol–water partition coefficient (Wildman–Crippen LogP) is 2.48. The zero-order valence-corrected chi connectivity index (χ0v) is 20.5. The molecule has 2 aliphatic heterocycles. The molecule has 34 heavy (non-hydrogen) atoms. The normalized spacial score (nSPS) is 21.6. The van der Waals surface area contributed by atoms with Gasteiger partial charge in [0.15, 0.2) is 0 Å². The molecule has 0 aliphatic carbocycles. The van der Waals surface area contributed by atoms with Crippen molar-refractivity contribution in [2.45, 2.75) is 57.2 Å². The molecule has 0 bridgehead atoms. The Hall–Kier alpha value is -2.56. The van der Waals surface area contributed by atoms with Gasteiger partial charge < -0.3 is 9.64 Å². The van der Waals surface area contributed by atoms with Gasteiger partial charge in [-0.3, -0.25) is 4.68 Å². The molecule has 10 heteroatoms. The molecule has 4 heterocycles. The van der Waals surface area contributed by atoms with Crippen molar-refractivity contribution in [2.75, 3.05) is 30.9 Å². The van der Waals surface area contributed by atoms with Gasteiger partial charge >= 0.3 is 0 Å². The van der Waals surface area contributed by atoms with Crippen molar-refractivity contribution in [1.29, 1.82) is 0 Å². The fourth-order valence-corrected chi connectivity index (χ4v) is 5.80. The number of rotatable bonds is 7. The smallest absolute Gasteiger partial charge is 0.225 e. The first-order valence-electron chi connectivity index (χ1n) is 12.0. The summed E-state index contributed by atoms with van der Waals surface area (Å²) in [5.41, 5.74) is 3.14. The first kappa shape index (κ1) is 23.2. The van der Waals surface area contributed by atoms with Crippen LogP contribution in [0.3, 0.4) is 0 Å². The summed E-state index contributed by atoms with van der Waals surface area (Å²) in [6.07, 6.45) is 7.36. The standard InChI is InChI=1S/C24H32N6O3S/c1-3-18-14-19-8-9-22(28-34(2,31)32)23(30(19)27-18)16-33-20-10-12-29(13-11-20)24-25-15-17-6-4-5-7-21(17)26-24/h4-7,14-15,20,22-23,28H,3,8-13,16H2,1-2H3. The molecule has 1 saturated heterocycles. The van der Waals surface area contributed by atoms with Gasteiger partial charge in [-0.05, 0) is 44.2 Å². The Kier molecular flexibility index (Phi) is 6.54. The van der Waals surface area contributed by atoms with E-state index in [0.29, 0.717) is 6.61 Å². The van der Waals surface area contributed by atoms with Gasteiger partial charge in [0.25, 0.3) is 0 Å². The molecule has 0 saturated carbocycles. The van der Waals surface area contributed by atoms with Crippen LogP contribution >= 0.6 is 0 Å². The Morgan fingerprint density at radius 2 is 1.97 bits per heavy atom. The first-order chi connectivity index (χ1) is 16.4. The number of para-hydroxylation sites is 1. The maximum atomic E-state index is 12.0. The summed E-state index contributed by atoms with van der Waals surface area (Å²) in [5, 5.41) is 5.79. The maximum Gasteiger partial charge on any atom is 0.225 e. The Balaban J connectivity index is 1.23. The molecule has 0 radical (unpaired) electrons. The van der Waals surface area contributed by atoms with E-state index in [1.807, 2.05) is 35.1 Å². The second-order valence-electron chi connectivity index (χ2n) is 9.28. The third-order valence-corrected chi connectivity index (χ3v) is 7.52. The zero-order valence-electron chi connectivity index (χ0n) is 19.7. The van der Waals surface area contributed by atoms with Crippen LogP contribution in [0.5, 0.6) is 0 Å². The number of aryl methyl sites for hydroxylation is 2. The van der Waals surface area contributed by atoms with Crippen molar-refractivity contribution in [3.05, 3.63) is 47.9 Å². The summed E-state index contributed by atoms with van der Waals surface area (Å²) in [4.78, 5) is 11.5. The molecule has 2 aromatic heterocycles. The highest BCUT2D eigenvalue weighted by Crippen LogP contribution is 2.28. The third-order valence-electron chi connectivity index (χ3n) is 6.79. The SMILES string of the molecule is CCc1cc2n(n1)C(COC1CCN(c3ncc4ccccc4n3)CC1)C(NS(C)(=O)=O)CC2. The number of hydrogen-bond donors (Lipinski definition) is 1. The van der Waals surface area contributed by atoms with E-state index in [-0.39, 0.29) is 18.2 Å². The van der Waals surface area contributed by atoms with Crippen molar-refractivity contribution in [3.63, 3.8) is 0 Å². The van der Waals surface area contributed by atoms with Crippen molar-refractivity contribution in [3.8, 4) is 0 Å². The largest absolute Gasteiger partial charge is 0.376 e. The third kappa shape index (κ3) is 5.08. The molecule has 2 atom stereocenters. The molecule has 5 rings (SSSR count). The van der Waals surface area contributed by atoms with E-state index >= 15 is 0 Å². The number of hydrogen-bond acceptors (Lipinski definition) is 7. The summed E-state index contributed by atoms with van der Waals surface area (Å²) in [5.74, 6) is 0.759. The minimum Gasteiger partial charge on any atom is -0.376 e. The fraction of sp³-hybridized carbons (Fsp3) is 0.542. The van der Waals surface area contributed by atoms with Crippen LogP contribution in [0.1, 0.15) is 43.6 Å². The summed E-state index contributed by atoms with van der Waals surface area (Å²) >= 11 is 0. The fourth-order valence-electron chi connectivity index (χ4n) is 4.97. The molecule has 9 nitrogen and oxygen atoms in total. The molecule has 3 aromatic rings. The van der Waals surface area contributed by atoms with Gasteiger partial charge in [-0.2, -0.15) is 5.10 Å². The van der Waals surface area contributed by atoms with Gasteiger partial charge in [0.05, 0.1) is 36.2 Å². The van der Waals surface area contributed by atoms with Crippen molar-refractivity contribution in [2.24, 2.45) is 0 Å². The van der Waals surface area contributed by atoms with Crippen LogP contribution in [0.15, 0.2) is 36.5 Å². The van der Waals surface area contributed by atoms with Crippen LogP contribution in [0.4, 0.5) is 5.95 Å². The minimum absolute atomic E-state index is 0.113. The lowest BCUT2D eigenvalue weighted by molar-refractivity contribution is 0.00600. The molecular formula is C24H32N6O3S. The summed E-state index contributed by atoms with van der Waals surface area (Å²) in [7, 11) is -3.32. The average Bonchev–Trinajstić information content (AvgIpc) is 3.26. The van der Waals surface area contributed by atoms with Gasteiger partial charge in [-0.1, -0.05) is 25.1 Å². The van der Waals surface area contributed by atoms with E-state index in [2.05, 4.69) is 27.6 Å². The summed E-state index contributed by atoms with van der Waals surface area (Å²) in [6, 6.07) is 9.76. The van der Waals surface area contributed by atoms with Crippen molar-refractivity contribution >= 4 is 26.9 Å². The quantitative estimate of drug-likeness (QED) is 0.550. The second kappa shape index (κ2) is 9.59. The van der Waals surface area contributed by atoms with Gasteiger partial charge in [0.2, 0.25) is 16.0 Å². The molecule has 182 valence electrons. The number of sulfonamides is 1. The van der Waals surface area contributed by atoms with E-state index < -0.39 is 10.0 Å². The van der Waals surface area contributed by atoms with Crippen LogP contribution in [-0.4, -0.2) is 66.3 Å². The number of piperidine rings is 1. The molecule has 2 aliphatic rings. The van der Waals surface area contributed by atoms with Crippen LogP contribution in [0.25, 0.3) is 10.9 Å². The number of anilines is 1. The first-order valence-corrected chi connectivity index (χ1v) is 13.9. The predicted molar refractivity (Wildman–Crippen MR) is 131 cm³/mol. The number of fused-ring (bicyclic) bond motifs is 2. The Bertz CT molecular complexity index is 1250. The zero-order chi connectivity index (χ0) is 23.7. The molecule has 1 aromatic carbocycles. The molecule has 1 fully saturated rings. The van der Waals surface area contributed by atoms with E-state index in [1.165, 1.54) is 6.26 Å². The number of ether oxygens (including phenoxy) is 1. The van der Waals surface area contributed by atoms with Gasteiger partial charge in [0, 0.05) is 36.4 Å². The summed E-state index contributed by atoms with van der Waals surface area (Å²) in [6.45, 7) is 4.17. The van der Waals surface area contributed by atoms with Crippen LogP contribution in [0.2, 0.25) is 0 Å². The lowest BCUT2D eigenvalue weighted by Gasteiger charge is -2.36. The van der Waals surface area contributed by atoms with E-state index in [4.69, 9.17) is 14.8 Å². The van der Waals surface area contributed by atoms with Crippen LogP contribution in [0, 0.1) is 0 Å². The lowest BCUT2D eigenvalue weighted by atomic mass is 9.98. The topological polar surface area (TPSA) is 102 Å². The highest BCUT2D eigenvalue weighted by molar-refractivity contribution is 7.88. The lowest BCUT2D eigenvalue weighted by Crippen LogP contribution is -2.47. The Labute approximate surface area is 200 Å². The van der Waals surface area contributed by atoms with Crippen molar-refractivity contribution in [1.82, 2.24) is 24.5 Å². The average molecular weight is 485 g/mol. The maximum absolute atomic E-state index is 12.0. The molecule has 2 unspecified atom stereocenters. The minimum atomic E-state index is -3.32. The second-order valence-corrected chi connectivity index (χ2v) is 11.1. The number of benzene rings is 1. The Morgan fingerprint density at radius 3 is 2.74 bits per heavy atom. The van der Waals surface area contributed by atoms with Gasteiger partial charge in [0.1, 0.15) is 0 Å². The molecular weight excluding hydrogens is 452 g/mol. The van der Waals surface area contributed by atoms with Gasteiger partial charge in [-0.15, -0.1) is 0 Å². The van der Waals surface area contributed by atoms with E-state index in [0.717, 1.165) is 73.4 Å². The van der Waals surface area contributed by atoms with Crippen molar-refractivity contribution < 1.29 is 13.2 Å². The summed E-state index contributed by atoms with van der Waals surface area (Å²) < 4.78 is 35.1. The van der Waals surface area contributed by atoms with E-state index in [1.54, 1.807) is 0 Å². The molecule has 0 spiro atoms. The Morgan fingerprint density at radius 1 is 1.18 bits per heavy atom. The monoisotopic (exact) mass is 484 g/mol. The van der Waals surface area contributed by atoms with E-state index in [9.17, 15) is 8.42 Å². The van der Waals surface area contributed by atoms with Crippen LogP contribution < -0.4 is 9.62 Å². The molecule has 1 N–H and O–H groups in total.